The van der Waals surface area contributed by atoms with E-state index in [0.717, 1.165) is 33.9 Å². The number of anilines is 1. The summed E-state index contributed by atoms with van der Waals surface area (Å²) in [7, 11) is 0. The Labute approximate surface area is 186 Å². The number of rotatable bonds is 4. The first-order valence-corrected chi connectivity index (χ1v) is 11.1. The molecular weight excluding hydrogens is 414 g/mol. The Morgan fingerprint density at radius 2 is 1.80 bits per heavy atom. The predicted molar refractivity (Wildman–Crippen MR) is 127 cm³/mol. The van der Waals surface area contributed by atoms with Crippen LogP contribution in [-0.4, -0.2) is 16.0 Å². The maximum atomic E-state index is 12.6. The Morgan fingerprint density at radius 1 is 1.07 bits per heavy atom. The number of aromatic nitrogens is 1. The van der Waals surface area contributed by atoms with E-state index in [1.807, 2.05) is 31.2 Å². The Balaban J connectivity index is 1.57. The minimum Gasteiger partial charge on any atom is -0.356 e. The van der Waals surface area contributed by atoms with Gasteiger partial charge in [0.2, 0.25) is 0 Å². The molecule has 4 rings (SSSR count). The minimum atomic E-state index is -0.218. The molecule has 2 heterocycles. The molecule has 6 heteroatoms. The van der Waals surface area contributed by atoms with Gasteiger partial charge in [0.15, 0.2) is 5.50 Å². The molecule has 154 valence electrons. The van der Waals surface area contributed by atoms with Gasteiger partial charge in [0, 0.05) is 27.8 Å². The Bertz CT molecular complexity index is 1150. The van der Waals surface area contributed by atoms with Crippen LogP contribution in [0.1, 0.15) is 28.1 Å². The van der Waals surface area contributed by atoms with Crippen molar-refractivity contribution in [3.05, 3.63) is 86.5 Å². The Morgan fingerprint density at radius 3 is 2.50 bits per heavy atom. The third kappa shape index (κ3) is 4.13. The number of hydrogen-bond donors (Lipinski definition) is 2. The standard InChI is InChI=1S/C24H24ClN3OS/c1-14-5-8-20(9-6-14)28-16(3)12-18(17(28)4)13-22-23(29)27-24(30-22)26-21-10-7-19(25)11-15(21)2/h5-13,24,26H,1-4H3,(H,27,29)/b22-13-. The summed E-state index contributed by atoms with van der Waals surface area (Å²) < 4.78 is 2.22. The highest BCUT2D eigenvalue weighted by Crippen LogP contribution is 2.33. The average Bonchev–Trinajstić information content (AvgIpc) is 3.17. The lowest BCUT2D eigenvalue weighted by Crippen LogP contribution is -2.31. The van der Waals surface area contributed by atoms with Crippen molar-refractivity contribution in [2.75, 3.05) is 5.32 Å². The molecule has 0 radical (unpaired) electrons. The molecule has 3 aromatic rings. The van der Waals surface area contributed by atoms with Crippen LogP contribution in [0.2, 0.25) is 5.02 Å². The highest BCUT2D eigenvalue weighted by atomic mass is 35.5. The van der Waals surface area contributed by atoms with Gasteiger partial charge in [-0.25, -0.2) is 0 Å². The summed E-state index contributed by atoms with van der Waals surface area (Å²) >= 11 is 7.53. The maximum absolute atomic E-state index is 12.6. The third-order valence-corrected chi connectivity index (χ3v) is 6.52. The highest BCUT2D eigenvalue weighted by Gasteiger charge is 2.28. The first-order chi connectivity index (χ1) is 14.3. The van der Waals surface area contributed by atoms with Crippen molar-refractivity contribution in [1.29, 1.82) is 0 Å². The van der Waals surface area contributed by atoms with E-state index in [4.69, 9.17) is 11.6 Å². The molecule has 1 saturated heterocycles. The number of carbonyl (C=O) groups excluding carboxylic acids is 1. The number of halogens is 1. The van der Waals surface area contributed by atoms with E-state index in [1.54, 1.807) is 0 Å². The molecule has 1 amide bonds. The van der Waals surface area contributed by atoms with Crippen LogP contribution < -0.4 is 10.6 Å². The van der Waals surface area contributed by atoms with Gasteiger partial charge in [0.05, 0.1) is 4.91 Å². The molecule has 2 N–H and O–H groups in total. The van der Waals surface area contributed by atoms with Gasteiger partial charge >= 0.3 is 0 Å². The quantitative estimate of drug-likeness (QED) is 0.494. The van der Waals surface area contributed by atoms with E-state index in [-0.39, 0.29) is 11.4 Å². The van der Waals surface area contributed by atoms with Crippen molar-refractivity contribution in [3.63, 3.8) is 0 Å². The first-order valence-electron chi connectivity index (χ1n) is 9.80. The van der Waals surface area contributed by atoms with Gasteiger partial charge in [-0.05, 0) is 81.3 Å². The van der Waals surface area contributed by atoms with E-state index in [2.05, 4.69) is 66.3 Å². The van der Waals surface area contributed by atoms with Crippen LogP contribution >= 0.6 is 23.4 Å². The van der Waals surface area contributed by atoms with Crippen molar-refractivity contribution in [2.45, 2.75) is 33.2 Å². The van der Waals surface area contributed by atoms with Gasteiger partial charge in [-0.2, -0.15) is 0 Å². The lowest BCUT2D eigenvalue weighted by Gasteiger charge is -2.15. The molecule has 1 aliphatic heterocycles. The van der Waals surface area contributed by atoms with Crippen LogP contribution in [0.3, 0.4) is 0 Å². The normalized spacial score (nSPS) is 17.4. The average molecular weight is 438 g/mol. The Hall–Kier alpha value is -2.63. The van der Waals surface area contributed by atoms with Crippen molar-refractivity contribution in [1.82, 2.24) is 9.88 Å². The zero-order chi connectivity index (χ0) is 21.4. The highest BCUT2D eigenvalue weighted by molar-refractivity contribution is 8.05. The second kappa shape index (κ2) is 8.25. The zero-order valence-electron chi connectivity index (χ0n) is 17.4. The van der Waals surface area contributed by atoms with Gasteiger partial charge in [-0.15, -0.1) is 0 Å². The SMILES string of the molecule is Cc1ccc(-n2c(C)cc(/C=C3\SC(Nc4ccc(Cl)cc4C)NC3=O)c2C)cc1. The van der Waals surface area contributed by atoms with Gasteiger partial charge in [-0.1, -0.05) is 41.1 Å². The van der Waals surface area contributed by atoms with E-state index in [9.17, 15) is 4.79 Å². The molecule has 4 nitrogen and oxygen atoms in total. The molecular formula is C24H24ClN3OS. The van der Waals surface area contributed by atoms with Gasteiger partial charge < -0.3 is 15.2 Å². The lowest BCUT2D eigenvalue weighted by atomic mass is 10.2. The molecule has 30 heavy (non-hydrogen) atoms. The van der Waals surface area contributed by atoms with Gasteiger partial charge in [0.25, 0.3) is 5.91 Å². The number of hydrogen-bond acceptors (Lipinski definition) is 3. The molecule has 0 aliphatic carbocycles. The van der Waals surface area contributed by atoms with E-state index in [0.29, 0.717) is 9.93 Å². The molecule has 0 bridgehead atoms. The second-order valence-electron chi connectivity index (χ2n) is 7.58. The van der Waals surface area contributed by atoms with Crippen molar-refractivity contribution in [2.24, 2.45) is 0 Å². The lowest BCUT2D eigenvalue weighted by molar-refractivity contribution is -0.116. The zero-order valence-corrected chi connectivity index (χ0v) is 19.0. The number of nitrogens with one attached hydrogen (secondary N) is 2. The predicted octanol–water partition coefficient (Wildman–Crippen LogP) is 5.96. The number of amides is 1. The van der Waals surface area contributed by atoms with Crippen molar-refractivity contribution >= 4 is 41.0 Å². The molecule has 1 atom stereocenters. The number of nitrogens with zero attached hydrogens (tertiary/aromatic N) is 1. The van der Waals surface area contributed by atoms with Gasteiger partial charge in [0.1, 0.15) is 0 Å². The fourth-order valence-electron chi connectivity index (χ4n) is 3.66. The first kappa shape index (κ1) is 20.6. The summed E-state index contributed by atoms with van der Waals surface area (Å²) in [5.74, 6) is -0.0655. The third-order valence-electron chi connectivity index (χ3n) is 5.25. The molecule has 1 aliphatic rings. The summed E-state index contributed by atoms with van der Waals surface area (Å²) in [6.45, 7) is 8.25. The monoisotopic (exact) mass is 437 g/mol. The topological polar surface area (TPSA) is 46.1 Å². The maximum Gasteiger partial charge on any atom is 0.260 e. The summed E-state index contributed by atoms with van der Waals surface area (Å²) in [6.07, 6.45) is 1.98. The van der Waals surface area contributed by atoms with Crippen LogP contribution in [-0.2, 0) is 4.79 Å². The molecule has 0 spiro atoms. The summed E-state index contributed by atoms with van der Waals surface area (Å²) in [5.41, 5.74) is 7.43. The molecule has 1 aromatic heterocycles. The van der Waals surface area contributed by atoms with Crippen LogP contribution in [0.15, 0.2) is 53.4 Å². The van der Waals surface area contributed by atoms with Crippen molar-refractivity contribution < 1.29 is 4.79 Å². The number of thioether (sulfide) groups is 1. The smallest absolute Gasteiger partial charge is 0.260 e. The van der Waals surface area contributed by atoms with Gasteiger partial charge in [-0.3, -0.25) is 4.79 Å². The number of benzene rings is 2. The van der Waals surface area contributed by atoms with Crippen LogP contribution in [0.25, 0.3) is 11.8 Å². The molecule has 2 aromatic carbocycles. The molecule has 0 saturated carbocycles. The molecule has 1 fully saturated rings. The van der Waals surface area contributed by atoms with Crippen LogP contribution in [0.5, 0.6) is 0 Å². The summed E-state index contributed by atoms with van der Waals surface area (Å²) in [6, 6.07) is 16.3. The number of aryl methyl sites for hydroxylation is 3. The Kier molecular flexibility index (Phi) is 5.67. The number of carbonyl (C=O) groups is 1. The summed E-state index contributed by atoms with van der Waals surface area (Å²) in [5, 5.41) is 7.07. The minimum absolute atomic E-state index is 0.0655. The largest absolute Gasteiger partial charge is 0.356 e. The van der Waals surface area contributed by atoms with Crippen molar-refractivity contribution in [3.8, 4) is 5.69 Å². The van der Waals surface area contributed by atoms with E-state index >= 15 is 0 Å². The fraction of sp³-hybridized carbons (Fsp3) is 0.208. The summed E-state index contributed by atoms with van der Waals surface area (Å²) in [4.78, 5) is 13.3. The second-order valence-corrected chi connectivity index (χ2v) is 9.16. The van der Waals surface area contributed by atoms with E-state index in [1.165, 1.54) is 17.3 Å². The molecule has 1 unspecified atom stereocenters. The van der Waals surface area contributed by atoms with E-state index < -0.39 is 0 Å². The van der Waals surface area contributed by atoms with Crippen LogP contribution in [0.4, 0.5) is 5.69 Å². The fourth-order valence-corrected chi connectivity index (χ4v) is 4.86. The van der Waals surface area contributed by atoms with Crippen LogP contribution in [0, 0.1) is 27.7 Å².